The molecule has 0 saturated heterocycles. The predicted molar refractivity (Wildman–Crippen MR) is 62.2 cm³/mol. The molecular weight excluding hydrogens is 222 g/mol. The second-order valence-corrected chi connectivity index (χ2v) is 3.31. The Kier molecular flexibility index (Phi) is 5.16. The van der Waals surface area contributed by atoms with E-state index in [1.807, 2.05) is 0 Å². The van der Waals surface area contributed by atoms with Crippen molar-refractivity contribution in [3.8, 4) is 5.75 Å². The highest BCUT2D eigenvalue weighted by Crippen LogP contribution is 2.12. The van der Waals surface area contributed by atoms with Gasteiger partial charge in [0, 0.05) is 19.2 Å². The monoisotopic (exact) mass is 237 g/mol. The number of rotatable bonds is 6. The van der Waals surface area contributed by atoms with E-state index in [-0.39, 0.29) is 0 Å². The van der Waals surface area contributed by atoms with Crippen molar-refractivity contribution in [1.82, 2.24) is 5.32 Å². The normalized spacial score (nSPS) is 9.76. The fraction of sp³-hybridized carbons (Fsp3) is 0.333. The van der Waals surface area contributed by atoms with Gasteiger partial charge in [-0.2, -0.15) is 0 Å². The fourth-order valence-electron chi connectivity index (χ4n) is 1.24. The largest absolute Gasteiger partial charge is 0.497 e. The molecule has 0 aliphatic rings. The van der Waals surface area contributed by atoms with E-state index in [0.717, 1.165) is 0 Å². The van der Waals surface area contributed by atoms with E-state index in [2.05, 4.69) is 5.32 Å². The van der Waals surface area contributed by atoms with E-state index >= 15 is 0 Å². The molecule has 0 aromatic heterocycles. The number of Topliss-reactive ketones (excluding diaryl/α,β-unsaturated/α-hetero) is 1. The van der Waals surface area contributed by atoms with Crippen LogP contribution >= 0.6 is 0 Å². The molecule has 0 saturated carbocycles. The zero-order valence-corrected chi connectivity index (χ0v) is 9.86. The van der Waals surface area contributed by atoms with Gasteiger partial charge in [0.25, 0.3) is 5.91 Å². The number of carbonyl (C=O) groups is 2. The van der Waals surface area contributed by atoms with Crippen LogP contribution in [0.15, 0.2) is 24.3 Å². The number of benzene rings is 1. The first kappa shape index (κ1) is 13.2. The number of ether oxygens (including phenoxy) is 2. The summed E-state index contributed by atoms with van der Waals surface area (Å²) >= 11 is 0. The molecule has 0 aliphatic heterocycles. The molecule has 17 heavy (non-hydrogen) atoms. The molecule has 92 valence electrons. The van der Waals surface area contributed by atoms with Crippen LogP contribution in [0.3, 0.4) is 0 Å². The standard InChI is InChI=1S/C12H15NO4/c1-16-7-6-13-12(15)11(14)9-4-3-5-10(8-9)17-2/h3-5,8H,6-7H2,1-2H3,(H,13,15). The van der Waals surface area contributed by atoms with Gasteiger partial charge in [0.2, 0.25) is 5.78 Å². The zero-order chi connectivity index (χ0) is 12.7. The lowest BCUT2D eigenvalue weighted by Gasteiger charge is -2.05. The lowest BCUT2D eigenvalue weighted by molar-refractivity contribution is -0.117. The van der Waals surface area contributed by atoms with Crippen molar-refractivity contribution in [1.29, 1.82) is 0 Å². The lowest BCUT2D eigenvalue weighted by atomic mass is 10.1. The number of nitrogens with one attached hydrogen (secondary N) is 1. The Morgan fingerprint density at radius 1 is 1.29 bits per heavy atom. The molecule has 1 amide bonds. The maximum atomic E-state index is 11.7. The van der Waals surface area contributed by atoms with Crippen molar-refractivity contribution < 1.29 is 19.1 Å². The molecule has 1 N–H and O–H groups in total. The van der Waals surface area contributed by atoms with E-state index in [1.165, 1.54) is 20.3 Å². The van der Waals surface area contributed by atoms with Crippen molar-refractivity contribution in [2.45, 2.75) is 0 Å². The lowest BCUT2D eigenvalue weighted by Crippen LogP contribution is -2.33. The number of carbonyl (C=O) groups excluding carboxylic acids is 2. The Morgan fingerprint density at radius 3 is 2.71 bits per heavy atom. The Balaban J connectivity index is 2.64. The Bertz CT molecular complexity index is 403. The molecule has 0 atom stereocenters. The highest BCUT2D eigenvalue weighted by atomic mass is 16.5. The van der Waals surface area contributed by atoms with Crippen molar-refractivity contribution in [2.24, 2.45) is 0 Å². The molecule has 1 rings (SSSR count). The summed E-state index contributed by atoms with van der Waals surface area (Å²) in [4.78, 5) is 23.2. The molecule has 1 aromatic rings. The van der Waals surface area contributed by atoms with Crippen LogP contribution in [0.25, 0.3) is 0 Å². The smallest absolute Gasteiger partial charge is 0.292 e. The van der Waals surface area contributed by atoms with E-state index < -0.39 is 11.7 Å². The van der Waals surface area contributed by atoms with Crippen molar-refractivity contribution >= 4 is 11.7 Å². The first-order valence-electron chi connectivity index (χ1n) is 5.14. The van der Waals surface area contributed by atoms with Crippen LogP contribution < -0.4 is 10.1 Å². The summed E-state index contributed by atoms with van der Waals surface area (Å²) in [5, 5.41) is 2.47. The van der Waals surface area contributed by atoms with Crippen LogP contribution in [0.4, 0.5) is 0 Å². The fourth-order valence-corrected chi connectivity index (χ4v) is 1.24. The van der Waals surface area contributed by atoms with Gasteiger partial charge in [-0.1, -0.05) is 12.1 Å². The molecule has 0 fully saturated rings. The molecule has 0 bridgehead atoms. The quantitative estimate of drug-likeness (QED) is 0.448. The van der Waals surface area contributed by atoms with Gasteiger partial charge >= 0.3 is 0 Å². The SMILES string of the molecule is COCCNC(=O)C(=O)c1cccc(OC)c1. The van der Waals surface area contributed by atoms with E-state index in [9.17, 15) is 9.59 Å². The summed E-state index contributed by atoms with van der Waals surface area (Å²) in [5.74, 6) is -0.684. The van der Waals surface area contributed by atoms with Gasteiger partial charge in [-0.15, -0.1) is 0 Å². The van der Waals surface area contributed by atoms with Crippen LogP contribution in [-0.2, 0) is 9.53 Å². The third kappa shape index (κ3) is 3.88. The predicted octanol–water partition coefficient (Wildman–Crippen LogP) is 0.640. The number of hydrogen-bond donors (Lipinski definition) is 1. The van der Waals surface area contributed by atoms with Crippen LogP contribution in [0.2, 0.25) is 0 Å². The summed E-state index contributed by atoms with van der Waals surface area (Å²) in [5.41, 5.74) is 0.305. The number of methoxy groups -OCH3 is 2. The molecule has 0 radical (unpaired) electrons. The van der Waals surface area contributed by atoms with Crippen LogP contribution in [0, 0.1) is 0 Å². The summed E-state index contributed by atoms with van der Waals surface area (Å²) < 4.78 is 9.75. The molecule has 0 heterocycles. The van der Waals surface area contributed by atoms with Crippen molar-refractivity contribution in [3.63, 3.8) is 0 Å². The maximum Gasteiger partial charge on any atom is 0.292 e. The van der Waals surface area contributed by atoms with Gasteiger partial charge in [0.05, 0.1) is 13.7 Å². The van der Waals surface area contributed by atoms with Crippen LogP contribution in [0.1, 0.15) is 10.4 Å². The van der Waals surface area contributed by atoms with Gasteiger partial charge in [-0.25, -0.2) is 0 Å². The van der Waals surface area contributed by atoms with E-state index in [1.54, 1.807) is 18.2 Å². The molecular formula is C12H15NO4. The zero-order valence-electron chi connectivity index (χ0n) is 9.86. The average Bonchev–Trinajstić information content (AvgIpc) is 2.38. The number of ketones is 1. The van der Waals surface area contributed by atoms with Gasteiger partial charge in [0.1, 0.15) is 5.75 Å². The van der Waals surface area contributed by atoms with Crippen LogP contribution in [-0.4, -0.2) is 39.1 Å². The molecule has 0 aliphatic carbocycles. The third-order valence-corrected chi connectivity index (χ3v) is 2.13. The maximum absolute atomic E-state index is 11.7. The molecule has 5 nitrogen and oxygen atoms in total. The molecule has 1 aromatic carbocycles. The average molecular weight is 237 g/mol. The molecule has 0 spiro atoms. The first-order chi connectivity index (χ1) is 8.19. The molecule has 5 heteroatoms. The van der Waals surface area contributed by atoms with E-state index in [4.69, 9.17) is 9.47 Å². The van der Waals surface area contributed by atoms with E-state index in [0.29, 0.717) is 24.5 Å². The highest BCUT2D eigenvalue weighted by molar-refractivity contribution is 6.42. The van der Waals surface area contributed by atoms with Gasteiger partial charge in [-0.05, 0) is 12.1 Å². The minimum absolute atomic E-state index is 0.305. The minimum Gasteiger partial charge on any atom is -0.497 e. The minimum atomic E-state index is -0.643. The highest BCUT2D eigenvalue weighted by Gasteiger charge is 2.15. The summed E-state index contributed by atoms with van der Waals surface area (Å²) in [6.07, 6.45) is 0. The van der Waals surface area contributed by atoms with Crippen LogP contribution in [0.5, 0.6) is 5.75 Å². The van der Waals surface area contributed by atoms with Crippen molar-refractivity contribution in [2.75, 3.05) is 27.4 Å². The summed E-state index contributed by atoms with van der Waals surface area (Å²) in [6.45, 7) is 0.683. The first-order valence-corrected chi connectivity index (χ1v) is 5.14. The van der Waals surface area contributed by atoms with Crippen molar-refractivity contribution in [3.05, 3.63) is 29.8 Å². The van der Waals surface area contributed by atoms with Gasteiger partial charge in [0.15, 0.2) is 0 Å². The topological polar surface area (TPSA) is 64.6 Å². The Hall–Kier alpha value is -1.88. The molecule has 0 unspecified atom stereocenters. The number of amides is 1. The van der Waals surface area contributed by atoms with Gasteiger partial charge in [-0.3, -0.25) is 9.59 Å². The summed E-state index contributed by atoms with van der Waals surface area (Å²) in [7, 11) is 3.03. The second kappa shape index (κ2) is 6.65. The Labute approximate surface area is 99.7 Å². The van der Waals surface area contributed by atoms with Gasteiger partial charge < -0.3 is 14.8 Å². The third-order valence-electron chi connectivity index (χ3n) is 2.13. The number of hydrogen-bond acceptors (Lipinski definition) is 4. The second-order valence-electron chi connectivity index (χ2n) is 3.31. The summed E-state index contributed by atoms with van der Waals surface area (Å²) in [6, 6.07) is 6.47. The Morgan fingerprint density at radius 2 is 2.06 bits per heavy atom.